The monoisotopic (exact) mass is 511 g/mol. The molecule has 4 rings (SSSR count). The highest BCUT2D eigenvalue weighted by Gasteiger charge is 2.09. The highest BCUT2D eigenvalue weighted by Crippen LogP contribution is 2.31. The van der Waals surface area contributed by atoms with Crippen LogP contribution in [0.1, 0.15) is 0 Å². The van der Waals surface area contributed by atoms with Gasteiger partial charge in [-0.25, -0.2) is 4.98 Å². The van der Waals surface area contributed by atoms with Gasteiger partial charge in [-0.15, -0.1) is 0 Å². The van der Waals surface area contributed by atoms with Gasteiger partial charge in [-0.3, -0.25) is 0 Å². The molecule has 3 aromatic carbocycles. The van der Waals surface area contributed by atoms with E-state index in [1.165, 1.54) is 14.7 Å². The number of hydrogen-bond acceptors (Lipinski definition) is 1. The lowest BCUT2D eigenvalue weighted by molar-refractivity contribution is 1.32. The van der Waals surface area contributed by atoms with Gasteiger partial charge in [-0.1, -0.05) is 70.5 Å². The van der Waals surface area contributed by atoms with Gasteiger partial charge >= 0.3 is 0 Å². The fourth-order valence-corrected chi connectivity index (χ4v) is 3.65. The van der Waals surface area contributed by atoms with Crippen molar-refractivity contribution in [2.75, 3.05) is 0 Å². The van der Waals surface area contributed by atoms with Crippen molar-refractivity contribution in [2.45, 2.75) is 0 Å². The second kappa shape index (κ2) is 7.72. The topological polar surface area (TPSA) is 12.9 Å². The van der Waals surface area contributed by atoms with Crippen molar-refractivity contribution in [3.63, 3.8) is 0 Å². The van der Waals surface area contributed by atoms with Crippen molar-refractivity contribution in [1.29, 1.82) is 0 Å². The smallest absolute Gasteiger partial charge is 0.0716 e. The summed E-state index contributed by atoms with van der Waals surface area (Å²) in [6, 6.07) is 31.5. The minimum atomic E-state index is 0.973. The zero-order chi connectivity index (χ0) is 17.9. The summed E-state index contributed by atoms with van der Waals surface area (Å²) in [6.07, 6.45) is 0. The Morgan fingerprint density at radius 2 is 1.23 bits per heavy atom. The van der Waals surface area contributed by atoms with Crippen LogP contribution in [-0.2, 0) is 0 Å². The number of halogens is 2. The molecular weight excluding hydrogens is 497 g/mol. The number of rotatable bonds is 3. The van der Waals surface area contributed by atoms with Crippen LogP contribution in [0.5, 0.6) is 0 Å². The zero-order valence-corrected chi connectivity index (χ0v) is 17.6. The molecule has 0 aliphatic carbocycles. The maximum atomic E-state index is 4.94. The predicted octanol–water partition coefficient (Wildman–Crippen LogP) is 7.45. The molecule has 1 heterocycles. The maximum Gasteiger partial charge on any atom is 0.0716 e. The molecule has 0 N–H and O–H groups in total. The minimum absolute atomic E-state index is 0.973. The van der Waals surface area contributed by atoms with E-state index in [1.54, 1.807) is 0 Å². The molecule has 0 aliphatic heterocycles. The Kier molecular flexibility index (Phi) is 5.18. The summed E-state index contributed by atoms with van der Waals surface area (Å²) < 4.78 is 2.29. The van der Waals surface area contributed by atoms with Gasteiger partial charge in [0.1, 0.15) is 0 Å². The average molecular weight is 512 g/mol. The molecule has 4 aromatic rings. The molecule has 0 fully saturated rings. The van der Waals surface area contributed by atoms with Gasteiger partial charge in [0.05, 0.1) is 11.4 Å². The molecule has 0 saturated heterocycles. The van der Waals surface area contributed by atoms with Crippen LogP contribution in [0.25, 0.3) is 33.6 Å². The molecule has 26 heavy (non-hydrogen) atoms. The lowest BCUT2D eigenvalue weighted by atomic mass is 10.00. The van der Waals surface area contributed by atoms with E-state index in [4.69, 9.17) is 4.98 Å². The first-order valence-corrected chi connectivity index (χ1v) is 10.2. The van der Waals surface area contributed by atoms with Crippen molar-refractivity contribution in [3.05, 3.63) is 99.0 Å². The number of pyridine rings is 1. The Labute approximate surface area is 175 Å². The van der Waals surface area contributed by atoms with E-state index in [1.807, 2.05) is 30.3 Å². The fraction of sp³-hybridized carbons (Fsp3) is 0. The van der Waals surface area contributed by atoms with Crippen molar-refractivity contribution in [2.24, 2.45) is 0 Å². The standard InChI is InChI=1S/C23H15BrIN/c24-20-8-4-7-18(13-20)23-15-19(16-9-11-21(25)12-10-16)14-22(26-23)17-5-2-1-3-6-17/h1-15H. The summed E-state index contributed by atoms with van der Waals surface area (Å²) in [5.41, 5.74) is 6.55. The van der Waals surface area contributed by atoms with Crippen LogP contribution in [0.4, 0.5) is 0 Å². The van der Waals surface area contributed by atoms with E-state index in [9.17, 15) is 0 Å². The van der Waals surface area contributed by atoms with Gasteiger partial charge in [-0.05, 0) is 70.1 Å². The largest absolute Gasteiger partial charge is 0.248 e. The predicted molar refractivity (Wildman–Crippen MR) is 121 cm³/mol. The molecule has 3 heteroatoms. The zero-order valence-electron chi connectivity index (χ0n) is 13.9. The van der Waals surface area contributed by atoms with Gasteiger partial charge in [0.15, 0.2) is 0 Å². The molecular formula is C23H15BrIN. The third-order valence-corrected chi connectivity index (χ3v) is 5.41. The molecule has 126 valence electrons. The Bertz CT molecular complexity index is 1040. The van der Waals surface area contributed by atoms with Crippen molar-refractivity contribution in [3.8, 4) is 33.6 Å². The van der Waals surface area contributed by atoms with E-state index in [0.29, 0.717) is 0 Å². The maximum absolute atomic E-state index is 4.94. The van der Waals surface area contributed by atoms with Gasteiger partial charge < -0.3 is 0 Å². The van der Waals surface area contributed by atoms with Crippen LogP contribution >= 0.6 is 38.5 Å². The molecule has 0 radical (unpaired) electrons. The molecule has 0 atom stereocenters. The van der Waals surface area contributed by atoms with Crippen LogP contribution in [0.2, 0.25) is 0 Å². The Morgan fingerprint density at radius 1 is 0.577 bits per heavy atom. The molecule has 1 nitrogen and oxygen atoms in total. The summed E-state index contributed by atoms with van der Waals surface area (Å²) in [5.74, 6) is 0. The second-order valence-electron chi connectivity index (χ2n) is 6.01. The lowest BCUT2D eigenvalue weighted by Crippen LogP contribution is -1.91. The number of aromatic nitrogens is 1. The number of benzene rings is 3. The van der Waals surface area contributed by atoms with Crippen LogP contribution in [0.3, 0.4) is 0 Å². The van der Waals surface area contributed by atoms with Crippen molar-refractivity contribution in [1.82, 2.24) is 4.98 Å². The van der Waals surface area contributed by atoms with E-state index >= 15 is 0 Å². The first-order chi connectivity index (χ1) is 12.7. The number of nitrogens with zero attached hydrogens (tertiary/aromatic N) is 1. The van der Waals surface area contributed by atoms with Gasteiger partial charge in [0, 0.05) is 19.2 Å². The summed E-state index contributed by atoms with van der Waals surface area (Å²) >= 11 is 5.90. The Hall–Kier alpha value is -1.98. The lowest BCUT2D eigenvalue weighted by Gasteiger charge is -2.10. The highest BCUT2D eigenvalue weighted by atomic mass is 127. The van der Waals surface area contributed by atoms with Gasteiger partial charge in [-0.2, -0.15) is 0 Å². The molecule has 0 spiro atoms. The molecule has 0 amide bonds. The van der Waals surface area contributed by atoms with Crippen LogP contribution < -0.4 is 0 Å². The van der Waals surface area contributed by atoms with Crippen molar-refractivity contribution < 1.29 is 0 Å². The SMILES string of the molecule is Brc1cccc(-c2cc(-c3ccc(I)cc3)cc(-c3ccccc3)n2)c1. The van der Waals surface area contributed by atoms with E-state index < -0.39 is 0 Å². The Balaban J connectivity index is 1.91. The summed E-state index contributed by atoms with van der Waals surface area (Å²) in [4.78, 5) is 4.94. The third kappa shape index (κ3) is 3.89. The van der Waals surface area contributed by atoms with Gasteiger partial charge in [0.25, 0.3) is 0 Å². The van der Waals surface area contributed by atoms with Crippen LogP contribution in [-0.4, -0.2) is 4.98 Å². The number of hydrogen-bond donors (Lipinski definition) is 0. The van der Waals surface area contributed by atoms with Crippen LogP contribution in [0.15, 0.2) is 95.5 Å². The van der Waals surface area contributed by atoms with Crippen LogP contribution in [0, 0.1) is 3.57 Å². The molecule has 0 bridgehead atoms. The highest BCUT2D eigenvalue weighted by molar-refractivity contribution is 14.1. The molecule has 0 saturated carbocycles. The Morgan fingerprint density at radius 3 is 1.92 bits per heavy atom. The minimum Gasteiger partial charge on any atom is -0.248 e. The molecule has 0 unspecified atom stereocenters. The third-order valence-electron chi connectivity index (χ3n) is 4.19. The molecule has 0 aliphatic rings. The summed E-state index contributed by atoms with van der Waals surface area (Å²) in [6.45, 7) is 0. The summed E-state index contributed by atoms with van der Waals surface area (Å²) in [5, 5.41) is 0. The summed E-state index contributed by atoms with van der Waals surface area (Å²) in [7, 11) is 0. The normalized spacial score (nSPS) is 10.7. The molecule has 1 aromatic heterocycles. The fourth-order valence-electron chi connectivity index (χ4n) is 2.89. The first-order valence-electron chi connectivity index (χ1n) is 8.28. The van der Waals surface area contributed by atoms with Gasteiger partial charge in [0.2, 0.25) is 0 Å². The average Bonchev–Trinajstić information content (AvgIpc) is 2.69. The van der Waals surface area contributed by atoms with E-state index in [0.717, 1.165) is 27.0 Å². The first kappa shape index (κ1) is 17.4. The van der Waals surface area contributed by atoms with E-state index in [-0.39, 0.29) is 0 Å². The van der Waals surface area contributed by atoms with E-state index in [2.05, 4.69) is 99.2 Å². The van der Waals surface area contributed by atoms with Crippen molar-refractivity contribution >= 4 is 38.5 Å². The quantitative estimate of drug-likeness (QED) is 0.260. The second-order valence-corrected chi connectivity index (χ2v) is 8.17.